The Morgan fingerprint density at radius 2 is 1.75 bits per heavy atom. The van der Waals surface area contributed by atoms with Crippen LogP contribution in [-0.4, -0.2) is 30.9 Å². The zero-order chi connectivity index (χ0) is 20.5. The molecule has 0 fully saturated rings. The van der Waals surface area contributed by atoms with Crippen molar-refractivity contribution in [2.75, 3.05) is 13.2 Å². The zero-order valence-electron chi connectivity index (χ0n) is 16.0. The summed E-state index contributed by atoms with van der Waals surface area (Å²) in [4.78, 5) is 34.5. The molecule has 2 aromatic carbocycles. The molecule has 2 rings (SSSR count). The summed E-state index contributed by atoms with van der Waals surface area (Å²) in [5.74, 6) is -0.179. The van der Waals surface area contributed by atoms with Gasteiger partial charge in [-0.3, -0.25) is 14.4 Å². The van der Waals surface area contributed by atoms with Gasteiger partial charge in [0.25, 0.3) is 11.8 Å². The first-order chi connectivity index (χ1) is 13.3. The molecule has 0 aromatic heterocycles. The fourth-order valence-corrected chi connectivity index (χ4v) is 2.41. The van der Waals surface area contributed by atoms with Gasteiger partial charge in [-0.15, -0.1) is 0 Å². The van der Waals surface area contributed by atoms with E-state index in [0.29, 0.717) is 23.8 Å². The van der Waals surface area contributed by atoms with Crippen molar-refractivity contribution >= 4 is 17.7 Å². The number of nitrogens with two attached hydrogens (primary N) is 1. The van der Waals surface area contributed by atoms with Gasteiger partial charge in [-0.25, -0.2) is 0 Å². The summed E-state index contributed by atoms with van der Waals surface area (Å²) in [6.07, 6.45) is 0. The van der Waals surface area contributed by atoms with Gasteiger partial charge >= 0.3 is 0 Å². The van der Waals surface area contributed by atoms with Crippen LogP contribution in [-0.2, 0) is 16.1 Å². The lowest BCUT2D eigenvalue weighted by Gasteiger charge is -2.10. The predicted octanol–water partition coefficient (Wildman–Crippen LogP) is 1.72. The second-order valence-corrected chi connectivity index (χ2v) is 6.64. The number of amides is 3. The minimum absolute atomic E-state index is 0.0743. The van der Waals surface area contributed by atoms with Crippen LogP contribution in [0.2, 0.25) is 0 Å². The highest BCUT2D eigenvalue weighted by Gasteiger charge is 2.08. The van der Waals surface area contributed by atoms with E-state index in [2.05, 4.69) is 24.5 Å². The van der Waals surface area contributed by atoms with Crippen LogP contribution in [0, 0.1) is 0 Å². The highest BCUT2D eigenvalue weighted by molar-refractivity contribution is 5.96. The molecule has 0 atom stereocenters. The molecule has 0 aliphatic heterocycles. The maximum absolute atomic E-state index is 12.0. The smallest absolute Gasteiger partial charge is 0.258 e. The second kappa shape index (κ2) is 10.1. The van der Waals surface area contributed by atoms with E-state index in [4.69, 9.17) is 10.5 Å². The van der Waals surface area contributed by atoms with E-state index in [0.717, 1.165) is 11.1 Å². The molecule has 7 heteroatoms. The molecule has 0 bridgehead atoms. The van der Waals surface area contributed by atoms with Crippen LogP contribution in [0.3, 0.4) is 0 Å². The number of benzene rings is 2. The number of primary amides is 1. The minimum Gasteiger partial charge on any atom is -0.484 e. The maximum Gasteiger partial charge on any atom is 0.258 e. The first-order valence-corrected chi connectivity index (χ1v) is 9.00. The van der Waals surface area contributed by atoms with Crippen molar-refractivity contribution in [3.8, 4) is 5.75 Å². The number of carbonyl (C=O) groups excluding carboxylic acids is 3. The molecule has 0 spiro atoms. The van der Waals surface area contributed by atoms with Gasteiger partial charge in [0.15, 0.2) is 6.61 Å². The Kier molecular flexibility index (Phi) is 7.56. The Morgan fingerprint density at radius 1 is 1.04 bits per heavy atom. The molecule has 148 valence electrons. The lowest BCUT2D eigenvalue weighted by molar-refractivity contribution is -0.123. The Morgan fingerprint density at radius 3 is 2.39 bits per heavy atom. The van der Waals surface area contributed by atoms with Crippen molar-refractivity contribution in [2.24, 2.45) is 5.73 Å². The van der Waals surface area contributed by atoms with Gasteiger partial charge in [0.05, 0.1) is 6.54 Å². The topological polar surface area (TPSA) is 111 Å². The summed E-state index contributed by atoms with van der Waals surface area (Å²) < 4.78 is 5.54. The van der Waals surface area contributed by atoms with Gasteiger partial charge < -0.3 is 21.1 Å². The molecule has 2 aromatic rings. The summed E-state index contributed by atoms with van der Waals surface area (Å²) in [7, 11) is 0. The lowest BCUT2D eigenvalue weighted by atomic mass is 10.0. The fourth-order valence-electron chi connectivity index (χ4n) is 2.41. The Hall–Kier alpha value is -3.35. The predicted molar refractivity (Wildman–Crippen MR) is 106 cm³/mol. The monoisotopic (exact) mass is 383 g/mol. The van der Waals surface area contributed by atoms with Crippen molar-refractivity contribution in [1.82, 2.24) is 10.6 Å². The van der Waals surface area contributed by atoms with E-state index >= 15 is 0 Å². The van der Waals surface area contributed by atoms with Crippen molar-refractivity contribution in [3.05, 3.63) is 65.2 Å². The average molecular weight is 383 g/mol. The number of rotatable bonds is 9. The zero-order valence-corrected chi connectivity index (χ0v) is 16.0. The number of ether oxygens (including phenoxy) is 1. The first kappa shape index (κ1) is 21.0. The summed E-state index contributed by atoms with van der Waals surface area (Å²) >= 11 is 0. The van der Waals surface area contributed by atoms with Crippen molar-refractivity contribution in [1.29, 1.82) is 0 Å². The van der Waals surface area contributed by atoms with Crippen LogP contribution in [0.5, 0.6) is 5.75 Å². The van der Waals surface area contributed by atoms with Crippen LogP contribution < -0.4 is 21.1 Å². The number of hydrogen-bond acceptors (Lipinski definition) is 4. The molecule has 4 N–H and O–H groups in total. The number of nitrogens with one attached hydrogen (secondary N) is 2. The van der Waals surface area contributed by atoms with E-state index in [1.54, 1.807) is 24.3 Å². The fraction of sp³-hybridized carbons (Fsp3) is 0.286. The van der Waals surface area contributed by atoms with Crippen molar-refractivity contribution < 1.29 is 19.1 Å². The Bertz CT molecular complexity index is 832. The van der Waals surface area contributed by atoms with Gasteiger partial charge in [-0.1, -0.05) is 38.1 Å². The van der Waals surface area contributed by atoms with Gasteiger partial charge in [0.2, 0.25) is 5.91 Å². The van der Waals surface area contributed by atoms with Crippen LogP contribution in [0.15, 0.2) is 48.5 Å². The molecule has 7 nitrogen and oxygen atoms in total. The molecular formula is C21H25N3O4. The van der Waals surface area contributed by atoms with Crippen molar-refractivity contribution in [2.45, 2.75) is 26.3 Å². The average Bonchev–Trinajstić information content (AvgIpc) is 2.69. The van der Waals surface area contributed by atoms with E-state index in [1.807, 2.05) is 24.3 Å². The van der Waals surface area contributed by atoms with Crippen LogP contribution in [0.4, 0.5) is 0 Å². The number of hydrogen-bond donors (Lipinski definition) is 3. The Labute approximate surface area is 164 Å². The molecular weight excluding hydrogens is 358 g/mol. The summed E-state index contributed by atoms with van der Waals surface area (Å²) in [5, 5.41) is 5.18. The van der Waals surface area contributed by atoms with Crippen LogP contribution in [0.1, 0.15) is 41.3 Å². The quantitative estimate of drug-likeness (QED) is 0.612. The normalized spacial score (nSPS) is 10.4. The van der Waals surface area contributed by atoms with E-state index in [1.165, 1.54) is 0 Å². The molecule has 0 radical (unpaired) electrons. The van der Waals surface area contributed by atoms with Gasteiger partial charge in [0, 0.05) is 12.1 Å². The van der Waals surface area contributed by atoms with Gasteiger partial charge in [-0.2, -0.15) is 0 Å². The van der Waals surface area contributed by atoms with Crippen LogP contribution >= 0.6 is 0 Å². The first-order valence-electron chi connectivity index (χ1n) is 9.00. The summed E-state index contributed by atoms with van der Waals surface area (Å²) in [6.45, 7) is 4.22. The molecule has 3 amide bonds. The highest BCUT2D eigenvalue weighted by atomic mass is 16.5. The standard InChI is InChI=1S/C21H25N3O4/c1-14(2)17-4-3-5-18(10-17)28-13-20(26)23-11-15-6-8-16(9-7-15)21(27)24-12-19(22)25/h3-10,14H,11-13H2,1-2H3,(H2,22,25)(H,23,26)(H,24,27). The second-order valence-electron chi connectivity index (χ2n) is 6.64. The molecule has 0 aliphatic carbocycles. The molecule has 28 heavy (non-hydrogen) atoms. The molecule has 0 saturated heterocycles. The van der Waals surface area contributed by atoms with Crippen molar-refractivity contribution in [3.63, 3.8) is 0 Å². The third-order valence-corrected chi connectivity index (χ3v) is 4.02. The minimum atomic E-state index is -0.606. The SMILES string of the molecule is CC(C)c1cccc(OCC(=O)NCc2ccc(C(=O)NCC(N)=O)cc2)c1. The molecule has 0 unspecified atom stereocenters. The summed E-state index contributed by atoms with van der Waals surface area (Å²) in [6, 6.07) is 14.4. The van der Waals surface area contributed by atoms with Crippen LogP contribution in [0.25, 0.3) is 0 Å². The Balaban J connectivity index is 1.78. The molecule has 0 aliphatic rings. The number of carbonyl (C=O) groups is 3. The third kappa shape index (κ3) is 6.75. The van der Waals surface area contributed by atoms with E-state index in [9.17, 15) is 14.4 Å². The van der Waals surface area contributed by atoms with Gasteiger partial charge in [0.1, 0.15) is 5.75 Å². The van der Waals surface area contributed by atoms with E-state index in [-0.39, 0.29) is 25.0 Å². The lowest BCUT2D eigenvalue weighted by Crippen LogP contribution is -2.33. The largest absolute Gasteiger partial charge is 0.484 e. The summed E-state index contributed by atoms with van der Waals surface area (Å²) in [5.41, 5.74) is 7.38. The van der Waals surface area contributed by atoms with Gasteiger partial charge in [-0.05, 0) is 41.3 Å². The molecule has 0 heterocycles. The third-order valence-electron chi connectivity index (χ3n) is 4.02. The molecule has 0 saturated carbocycles. The van der Waals surface area contributed by atoms with E-state index < -0.39 is 5.91 Å². The highest BCUT2D eigenvalue weighted by Crippen LogP contribution is 2.19. The maximum atomic E-state index is 12.0.